The van der Waals surface area contributed by atoms with Crippen LogP contribution in [-0.2, 0) is 45.9 Å². The molecule has 0 bridgehead atoms. The molecule has 3 aliphatic carbocycles. The Bertz CT molecular complexity index is 1930. The van der Waals surface area contributed by atoms with Crippen molar-refractivity contribution in [2.75, 3.05) is 23.1 Å². The van der Waals surface area contributed by atoms with Gasteiger partial charge in [-0.25, -0.2) is 0 Å². The van der Waals surface area contributed by atoms with Gasteiger partial charge in [-0.05, 0) is 72.9 Å². The predicted molar refractivity (Wildman–Crippen MR) is 197 cm³/mol. The summed E-state index contributed by atoms with van der Waals surface area (Å²) in [5.41, 5.74) is 9.04. The number of anilines is 2. The van der Waals surface area contributed by atoms with Crippen molar-refractivity contribution >= 4 is 43.2 Å². The molecule has 0 aromatic heterocycles. The van der Waals surface area contributed by atoms with E-state index < -0.39 is 20.2 Å². The van der Waals surface area contributed by atoms with Crippen LogP contribution in [0.1, 0.15) is 77.2 Å². The van der Waals surface area contributed by atoms with Gasteiger partial charge in [0, 0.05) is 37.4 Å². The molecule has 12 heteroatoms. The van der Waals surface area contributed by atoms with E-state index >= 15 is 0 Å². The predicted octanol–water partition coefficient (Wildman–Crippen LogP) is 6.54. The first-order chi connectivity index (χ1) is 22.7. The minimum absolute atomic E-state index is 0. The van der Waals surface area contributed by atoms with E-state index in [0.29, 0.717) is 34.8 Å². The van der Waals surface area contributed by atoms with Gasteiger partial charge in [-0.1, -0.05) is 80.2 Å². The molecule has 4 N–H and O–H groups in total. The molecule has 264 valence electrons. The number of rotatable bonds is 4. The Morgan fingerprint density at radius 2 is 0.878 bits per heavy atom. The quantitative estimate of drug-likeness (QED) is 0.151. The van der Waals surface area contributed by atoms with Gasteiger partial charge in [-0.2, -0.15) is 16.8 Å². The molecule has 2 atom stereocenters. The second kappa shape index (κ2) is 15.5. The van der Waals surface area contributed by atoms with Gasteiger partial charge in [0.15, 0.2) is 11.6 Å². The molecule has 0 saturated carbocycles. The van der Waals surface area contributed by atoms with Crippen LogP contribution in [0.4, 0.5) is 11.4 Å². The lowest BCUT2D eigenvalue weighted by Gasteiger charge is -2.31. The fourth-order valence-electron chi connectivity index (χ4n) is 6.55. The van der Waals surface area contributed by atoms with Crippen LogP contribution in [0.15, 0.2) is 84.9 Å². The van der Waals surface area contributed by atoms with E-state index in [1.54, 1.807) is 12.1 Å². The summed E-state index contributed by atoms with van der Waals surface area (Å²) in [7, 11) is -7.33. The van der Waals surface area contributed by atoms with Crippen LogP contribution in [0.5, 0.6) is 0 Å². The molecule has 0 amide bonds. The molecule has 4 aromatic carbocycles. The second-order valence-corrected chi connectivity index (χ2v) is 15.2. The molecule has 49 heavy (non-hydrogen) atoms. The van der Waals surface area contributed by atoms with E-state index in [0.717, 1.165) is 49.9 Å². The number of aryl methyl sites for hydroxylation is 2. The van der Waals surface area contributed by atoms with Crippen LogP contribution in [-0.4, -0.2) is 62.1 Å². The van der Waals surface area contributed by atoms with Crippen molar-refractivity contribution in [3.63, 3.8) is 0 Å². The molecule has 4 aromatic rings. The third-order valence-corrected chi connectivity index (χ3v) is 8.49. The van der Waals surface area contributed by atoms with Crippen LogP contribution in [0, 0.1) is 0 Å². The zero-order chi connectivity index (χ0) is 34.6. The lowest BCUT2D eigenvalue weighted by atomic mass is 9.81. The fourth-order valence-corrected chi connectivity index (χ4v) is 6.55. The number of ketones is 2. The zero-order valence-corrected chi connectivity index (χ0v) is 28.3. The molecule has 0 heterocycles. The molecule has 10 nitrogen and oxygen atoms in total. The maximum atomic E-state index is 13.9. The third kappa shape index (κ3) is 9.85. The highest BCUT2D eigenvalue weighted by Gasteiger charge is 2.35. The van der Waals surface area contributed by atoms with Gasteiger partial charge in [0.1, 0.15) is 0 Å². The summed E-state index contributed by atoms with van der Waals surface area (Å²) in [5, 5.41) is 7.35. The lowest BCUT2D eigenvalue weighted by Crippen LogP contribution is -2.32. The number of carbonyl (C=O) groups is 2. The first-order valence-corrected chi connectivity index (χ1v) is 19.2. The van der Waals surface area contributed by atoms with E-state index in [1.807, 2.05) is 24.3 Å². The smallest absolute Gasteiger partial charge is 0.261 e. The zero-order valence-electron chi connectivity index (χ0n) is 26.6. The Morgan fingerprint density at radius 1 is 0.571 bits per heavy atom. The minimum Gasteiger partial charge on any atom is -0.381 e. The van der Waals surface area contributed by atoms with Crippen molar-refractivity contribution in [2.45, 2.75) is 58.0 Å². The molecule has 2 unspecified atom stereocenters. The van der Waals surface area contributed by atoms with E-state index in [1.165, 1.54) is 22.3 Å². The summed E-state index contributed by atoms with van der Waals surface area (Å²) < 4.78 is 51.7. The summed E-state index contributed by atoms with van der Waals surface area (Å²) >= 11 is 0. The minimum atomic E-state index is -3.67. The molecular formula is C37H46N2O8S2. The Balaban J connectivity index is 0.000000617. The van der Waals surface area contributed by atoms with E-state index in [4.69, 9.17) is 9.11 Å². The Labute approximate surface area is 291 Å². The van der Waals surface area contributed by atoms with Crippen molar-refractivity contribution in [3.8, 4) is 0 Å². The van der Waals surface area contributed by atoms with Crippen LogP contribution in [0.2, 0.25) is 0 Å². The molecule has 7 rings (SSSR count). The number of benzene rings is 4. The molecule has 0 spiro atoms. The maximum Gasteiger partial charge on any atom is 0.261 e. The molecule has 0 radical (unpaired) electrons. The molecule has 0 fully saturated rings. The van der Waals surface area contributed by atoms with Gasteiger partial charge in [0.25, 0.3) is 20.2 Å². The SMILES string of the molecule is C.CS(=O)(=O)O.CS(=O)(=O)O.O=C1c2ccccc2C(=O)c2c(NC3CCc4ccccc4C3)ccc(NC3CCc4ccccc4C3)c21.[HH].[HH]. The lowest BCUT2D eigenvalue weighted by molar-refractivity contribution is 0.0980. The van der Waals surface area contributed by atoms with Crippen LogP contribution in [0.25, 0.3) is 0 Å². The maximum absolute atomic E-state index is 13.9. The van der Waals surface area contributed by atoms with Crippen LogP contribution in [0.3, 0.4) is 0 Å². The molecule has 3 aliphatic rings. The first kappa shape index (κ1) is 37.5. The van der Waals surface area contributed by atoms with Crippen molar-refractivity contribution in [2.24, 2.45) is 0 Å². The summed E-state index contributed by atoms with van der Waals surface area (Å²) in [6.45, 7) is 0. The van der Waals surface area contributed by atoms with Gasteiger partial charge < -0.3 is 10.6 Å². The average Bonchev–Trinajstić information content (AvgIpc) is 3.02. The molecule has 0 saturated heterocycles. The summed E-state index contributed by atoms with van der Waals surface area (Å²) in [6.07, 6.45) is 7.25. The summed E-state index contributed by atoms with van der Waals surface area (Å²) in [5.74, 6) is -0.155. The van der Waals surface area contributed by atoms with Crippen molar-refractivity contribution < 1.29 is 38.4 Å². The Kier molecular flexibility index (Phi) is 11.8. The number of fused-ring (bicyclic) bond motifs is 4. The summed E-state index contributed by atoms with van der Waals surface area (Å²) in [6, 6.07) is 28.8. The third-order valence-electron chi connectivity index (χ3n) is 8.49. The topological polar surface area (TPSA) is 167 Å². The van der Waals surface area contributed by atoms with Gasteiger partial charge in [0.2, 0.25) is 0 Å². The Hall–Kier alpha value is -4.36. The summed E-state index contributed by atoms with van der Waals surface area (Å²) in [4.78, 5) is 27.8. The highest BCUT2D eigenvalue weighted by molar-refractivity contribution is 7.85. The van der Waals surface area contributed by atoms with Gasteiger partial charge in [-0.3, -0.25) is 18.7 Å². The molecule has 0 aliphatic heterocycles. The molecular weight excluding hydrogens is 665 g/mol. The average molecular weight is 711 g/mol. The first-order valence-electron chi connectivity index (χ1n) is 15.5. The second-order valence-electron chi connectivity index (χ2n) is 12.3. The van der Waals surface area contributed by atoms with Crippen molar-refractivity contribution in [1.29, 1.82) is 0 Å². The number of hydrogen-bond donors (Lipinski definition) is 4. The van der Waals surface area contributed by atoms with Gasteiger partial charge in [0.05, 0.1) is 23.6 Å². The van der Waals surface area contributed by atoms with Crippen molar-refractivity contribution in [3.05, 3.63) is 129 Å². The van der Waals surface area contributed by atoms with E-state index in [9.17, 15) is 26.4 Å². The fraction of sp³-hybridized carbons (Fsp3) is 0.297. The largest absolute Gasteiger partial charge is 0.381 e. The normalized spacial score (nSPS) is 17.6. The number of nitrogens with one attached hydrogen (secondary N) is 2. The Morgan fingerprint density at radius 3 is 1.22 bits per heavy atom. The highest BCUT2D eigenvalue weighted by atomic mass is 32.2. The standard InChI is InChI=1S/C34H30N2O2.2CH4O3S.CH4.2H2/c37-33-27-11-5-6-12-28(27)34(38)32-30(36-26-16-14-22-8-2-4-10-24(22)20-26)18-17-29(31(32)33)35-25-15-13-21-7-1-3-9-23(21)19-25;2*1-5(2,3)4;;;/h1-12,17-18,25-26,35-36H,13-16,19-20H2;2*1H3,(H,2,3,4);1H4;2*1H. The number of carbonyl (C=O) groups excluding carboxylic acids is 2. The van der Waals surface area contributed by atoms with Crippen LogP contribution < -0.4 is 10.6 Å². The highest BCUT2D eigenvalue weighted by Crippen LogP contribution is 2.38. The van der Waals surface area contributed by atoms with Gasteiger partial charge >= 0.3 is 0 Å². The van der Waals surface area contributed by atoms with E-state index in [-0.39, 0.29) is 33.9 Å². The van der Waals surface area contributed by atoms with Gasteiger partial charge in [-0.15, -0.1) is 0 Å². The number of hydrogen-bond acceptors (Lipinski definition) is 8. The van der Waals surface area contributed by atoms with Crippen molar-refractivity contribution in [1.82, 2.24) is 0 Å². The monoisotopic (exact) mass is 710 g/mol. The van der Waals surface area contributed by atoms with Crippen LogP contribution >= 0.6 is 0 Å². The van der Waals surface area contributed by atoms with E-state index in [2.05, 4.69) is 59.2 Å².